The highest BCUT2D eigenvalue weighted by Gasteiger charge is 2.15. The second-order valence-corrected chi connectivity index (χ2v) is 6.66. The Morgan fingerprint density at radius 1 is 1.00 bits per heavy atom. The average Bonchev–Trinajstić information content (AvgIpc) is 3.19. The van der Waals surface area contributed by atoms with Crippen molar-refractivity contribution in [2.75, 3.05) is 13.2 Å². The third kappa shape index (κ3) is 6.66. The number of ether oxygens (including phenoxy) is 1. The van der Waals surface area contributed by atoms with Crippen LogP contribution in [0, 0.1) is 11.6 Å². The molecule has 6 nitrogen and oxygen atoms in total. The lowest BCUT2D eigenvalue weighted by Crippen LogP contribution is -2.27. The average molecular weight is 409 g/mol. The minimum atomic E-state index is -1.04. The number of hydrogen-bond donors (Lipinski definition) is 1. The number of halogens is 2. The number of nitrogens with one attached hydrogen (secondary N) is 1. The number of benzene rings is 1. The van der Waals surface area contributed by atoms with Gasteiger partial charge >= 0.3 is 5.97 Å². The Kier molecular flexibility index (Phi) is 7.94. The predicted octanol–water partition coefficient (Wildman–Crippen LogP) is 2.92. The maximum absolute atomic E-state index is 13.5. The first kappa shape index (κ1) is 21.4. The number of rotatable bonds is 10. The molecule has 0 unspecified atom stereocenters. The summed E-state index contributed by atoms with van der Waals surface area (Å²) in [7, 11) is 0. The summed E-state index contributed by atoms with van der Waals surface area (Å²) in [6.07, 6.45) is -0.133. The van der Waals surface area contributed by atoms with Gasteiger partial charge in [0.1, 0.15) is 11.6 Å². The molecule has 1 aromatic heterocycles. The van der Waals surface area contributed by atoms with Crippen LogP contribution in [0.25, 0.3) is 0 Å². The van der Waals surface area contributed by atoms with Gasteiger partial charge in [0, 0.05) is 25.5 Å². The van der Waals surface area contributed by atoms with Crippen LogP contribution < -0.4 is 5.32 Å². The smallest absolute Gasteiger partial charge is 0.308 e. The highest BCUT2D eigenvalue weighted by Crippen LogP contribution is 2.12. The van der Waals surface area contributed by atoms with Crippen LogP contribution in [0.4, 0.5) is 8.78 Å². The third-order valence-corrected chi connectivity index (χ3v) is 4.53. The Morgan fingerprint density at radius 2 is 1.79 bits per heavy atom. The molecule has 0 aliphatic rings. The Hall–Kier alpha value is -2.94. The predicted molar refractivity (Wildman–Crippen MR) is 97.2 cm³/mol. The lowest BCUT2D eigenvalue weighted by atomic mass is 10.1. The molecule has 2 rings (SSSR count). The van der Waals surface area contributed by atoms with Crippen LogP contribution in [-0.4, -0.2) is 36.6 Å². The number of amides is 1. The van der Waals surface area contributed by atoms with Gasteiger partial charge in [-0.1, -0.05) is 6.07 Å². The molecule has 0 saturated carbocycles. The largest absolute Gasteiger partial charge is 0.457 e. The molecule has 1 aromatic carbocycles. The zero-order valence-electron chi connectivity index (χ0n) is 14.7. The van der Waals surface area contributed by atoms with E-state index in [1.54, 1.807) is 17.5 Å². The minimum Gasteiger partial charge on any atom is -0.457 e. The molecule has 148 valence electrons. The fourth-order valence-electron chi connectivity index (χ4n) is 2.19. The number of carbonyl (C=O) groups is 4. The second-order valence-electron chi connectivity index (χ2n) is 5.71. The quantitative estimate of drug-likeness (QED) is 0.481. The molecular formula is C19H17F2NO5S. The summed E-state index contributed by atoms with van der Waals surface area (Å²) in [5.41, 5.74) is -0.377. The summed E-state index contributed by atoms with van der Waals surface area (Å²) >= 11 is 1.30. The Morgan fingerprint density at radius 3 is 2.46 bits per heavy atom. The van der Waals surface area contributed by atoms with Crippen molar-refractivity contribution in [1.29, 1.82) is 0 Å². The molecule has 9 heteroatoms. The molecule has 1 N–H and O–H groups in total. The normalized spacial score (nSPS) is 10.4. The third-order valence-electron chi connectivity index (χ3n) is 3.62. The number of thiophene rings is 1. The van der Waals surface area contributed by atoms with Gasteiger partial charge in [-0.15, -0.1) is 11.3 Å². The maximum Gasteiger partial charge on any atom is 0.308 e. The zero-order valence-corrected chi connectivity index (χ0v) is 15.5. The van der Waals surface area contributed by atoms with Crippen molar-refractivity contribution in [3.8, 4) is 0 Å². The topological polar surface area (TPSA) is 89.5 Å². The van der Waals surface area contributed by atoms with Gasteiger partial charge in [-0.3, -0.25) is 19.2 Å². The molecule has 0 atom stereocenters. The van der Waals surface area contributed by atoms with E-state index in [1.807, 2.05) is 0 Å². The number of esters is 1. The SMILES string of the molecule is O=C(CCC(=O)c1cccs1)NCCC(=O)OCC(=O)c1ccc(F)cc1F. The van der Waals surface area contributed by atoms with Crippen molar-refractivity contribution >= 4 is 34.8 Å². The summed E-state index contributed by atoms with van der Waals surface area (Å²) in [4.78, 5) is 47.4. The standard InChI is InChI=1S/C19H17F2NO5S/c20-12-3-4-13(14(21)10-12)16(24)11-27-19(26)7-8-22-18(25)6-5-15(23)17-2-1-9-28-17/h1-4,9-10H,5-8,11H2,(H,22,25). The molecule has 0 saturated heterocycles. The van der Waals surface area contributed by atoms with Crippen molar-refractivity contribution in [3.63, 3.8) is 0 Å². The molecule has 1 heterocycles. The van der Waals surface area contributed by atoms with Gasteiger partial charge in [0.25, 0.3) is 0 Å². The van der Waals surface area contributed by atoms with Gasteiger partial charge < -0.3 is 10.1 Å². The summed E-state index contributed by atoms with van der Waals surface area (Å²) in [5.74, 6) is -3.93. The maximum atomic E-state index is 13.5. The van der Waals surface area contributed by atoms with E-state index in [9.17, 15) is 28.0 Å². The Bertz CT molecular complexity index is 867. The van der Waals surface area contributed by atoms with Crippen molar-refractivity contribution < 1.29 is 32.7 Å². The monoisotopic (exact) mass is 409 g/mol. The van der Waals surface area contributed by atoms with Crippen LogP contribution in [0.1, 0.15) is 39.3 Å². The van der Waals surface area contributed by atoms with E-state index in [0.29, 0.717) is 10.9 Å². The van der Waals surface area contributed by atoms with Crippen LogP contribution in [0.2, 0.25) is 0 Å². The molecule has 0 aliphatic heterocycles. The zero-order chi connectivity index (χ0) is 20.5. The van der Waals surface area contributed by atoms with Crippen molar-refractivity contribution in [1.82, 2.24) is 5.32 Å². The number of carbonyl (C=O) groups excluding carboxylic acids is 4. The lowest BCUT2D eigenvalue weighted by molar-refractivity contribution is -0.142. The fraction of sp³-hybridized carbons (Fsp3) is 0.263. The number of ketones is 2. The molecular weight excluding hydrogens is 392 g/mol. The highest BCUT2D eigenvalue weighted by atomic mass is 32.1. The molecule has 28 heavy (non-hydrogen) atoms. The van der Waals surface area contributed by atoms with Gasteiger partial charge in [-0.05, 0) is 23.6 Å². The van der Waals surface area contributed by atoms with E-state index >= 15 is 0 Å². The fourth-order valence-corrected chi connectivity index (χ4v) is 2.89. The van der Waals surface area contributed by atoms with Crippen LogP contribution >= 0.6 is 11.3 Å². The lowest BCUT2D eigenvalue weighted by Gasteiger charge is -2.06. The number of hydrogen-bond acceptors (Lipinski definition) is 6. The summed E-state index contributed by atoms with van der Waals surface area (Å²) < 4.78 is 31.0. The van der Waals surface area contributed by atoms with E-state index in [1.165, 1.54) is 11.3 Å². The van der Waals surface area contributed by atoms with Gasteiger partial charge in [0.05, 0.1) is 16.9 Å². The minimum absolute atomic E-state index is 0.00584. The highest BCUT2D eigenvalue weighted by molar-refractivity contribution is 7.12. The van der Waals surface area contributed by atoms with E-state index in [0.717, 1.165) is 12.1 Å². The molecule has 0 radical (unpaired) electrons. The number of Topliss-reactive ketones (excluding diaryl/α,β-unsaturated/α-hetero) is 2. The van der Waals surface area contributed by atoms with Gasteiger partial charge in [-0.2, -0.15) is 0 Å². The van der Waals surface area contributed by atoms with Gasteiger partial charge in [-0.25, -0.2) is 8.78 Å². The molecule has 0 spiro atoms. The van der Waals surface area contributed by atoms with Crippen molar-refractivity contribution in [2.45, 2.75) is 19.3 Å². The molecule has 1 amide bonds. The van der Waals surface area contributed by atoms with Gasteiger partial charge in [0.2, 0.25) is 11.7 Å². The van der Waals surface area contributed by atoms with E-state index < -0.39 is 30.0 Å². The van der Waals surface area contributed by atoms with Crippen LogP contribution in [-0.2, 0) is 14.3 Å². The second kappa shape index (κ2) is 10.4. The van der Waals surface area contributed by atoms with Gasteiger partial charge in [0.15, 0.2) is 12.4 Å². The summed E-state index contributed by atoms with van der Waals surface area (Å²) in [6, 6.07) is 5.89. The molecule has 0 fully saturated rings. The van der Waals surface area contributed by atoms with Crippen molar-refractivity contribution in [3.05, 3.63) is 57.8 Å². The van der Waals surface area contributed by atoms with Crippen LogP contribution in [0.3, 0.4) is 0 Å². The molecule has 0 bridgehead atoms. The van der Waals surface area contributed by atoms with E-state index in [2.05, 4.69) is 5.32 Å². The summed E-state index contributed by atoms with van der Waals surface area (Å²) in [6.45, 7) is -0.714. The van der Waals surface area contributed by atoms with Crippen LogP contribution in [0.5, 0.6) is 0 Å². The summed E-state index contributed by atoms with van der Waals surface area (Å²) in [5, 5.41) is 4.25. The first-order valence-electron chi connectivity index (χ1n) is 8.34. The van der Waals surface area contributed by atoms with Crippen molar-refractivity contribution in [2.24, 2.45) is 0 Å². The first-order chi connectivity index (χ1) is 13.4. The molecule has 0 aliphatic carbocycles. The van der Waals surface area contributed by atoms with Crippen LogP contribution in [0.15, 0.2) is 35.7 Å². The van der Waals surface area contributed by atoms with E-state index in [-0.39, 0.29) is 43.1 Å². The molecule has 2 aromatic rings. The van der Waals surface area contributed by atoms with E-state index in [4.69, 9.17) is 4.74 Å². The first-order valence-corrected chi connectivity index (χ1v) is 9.22. The Balaban J connectivity index is 1.63. The Labute approximate surface area is 163 Å².